The van der Waals surface area contributed by atoms with E-state index < -0.39 is 0 Å². The first-order valence-electron chi connectivity index (χ1n) is 15.2. The van der Waals surface area contributed by atoms with E-state index in [2.05, 4.69) is 52.8 Å². The average Bonchev–Trinajstić information content (AvgIpc) is 3.72. The van der Waals surface area contributed by atoms with Gasteiger partial charge in [-0.3, -0.25) is 8.80 Å². The molecule has 0 atom stereocenters. The van der Waals surface area contributed by atoms with E-state index in [1.165, 1.54) is 8.80 Å². The van der Waals surface area contributed by atoms with E-state index in [4.69, 9.17) is 0 Å². The molecule has 14 heteroatoms. The maximum absolute atomic E-state index is 11.2. The van der Waals surface area contributed by atoms with Crippen molar-refractivity contribution in [1.82, 2.24) is 29.0 Å². The molecule has 3 aromatic carbocycles. The van der Waals surface area contributed by atoms with E-state index in [1.54, 1.807) is 62.4 Å². The van der Waals surface area contributed by atoms with Gasteiger partial charge >= 0.3 is 0 Å². The molecule has 238 valence electrons. The van der Waals surface area contributed by atoms with Gasteiger partial charge in [-0.05, 0) is 62.4 Å². The van der Waals surface area contributed by atoms with Gasteiger partial charge in [0.15, 0.2) is 28.5 Å². The van der Waals surface area contributed by atoms with Crippen molar-refractivity contribution in [3.63, 3.8) is 0 Å². The van der Waals surface area contributed by atoms with Crippen LogP contribution < -0.4 is 0 Å². The SMILES string of the molecule is Cc1c(N=Nc2ccc(-c3ccc(N=Nc4c(C)c(C#N)c5nc6ccccc6n5c4O)nn3)cc2)c(O)n2c(nc3ccccc32)c1C#N. The molecule has 0 radical (unpaired) electrons. The van der Waals surface area contributed by atoms with E-state index in [9.17, 15) is 20.7 Å². The Morgan fingerprint density at radius 1 is 0.600 bits per heavy atom. The Balaban J connectivity index is 1.05. The van der Waals surface area contributed by atoms with E-state index in [-0.39, 0.29) is 34.5 Å². The fourth-order valence-corrected chi connectivity index (χ4v) is 5.88. The monoisotopic (exact) mass is 654 g/mol. The molecule has 0 aliphatic rings. The maximum atomic E-state index is 11.2. The predicted octanol–water partition coefficient (Wildman–Crippen LogP) is 8.35. The minimum Gasteiger partial charge on any atom is -0.493 e. The molecule has 0 amide bonds. The number of nitrogens with zero attached hydrogens (tertiary/aromatic N) is 12. The number of para-hydroxylation sites is 4. The zero-order valence-corrected chi connectivity index (χ0v) is 26.3. The summed E-state index contributed by atoms with van der Waals surface area (Å²) < 4.78 is 2.99. The van der Waals surface area contributed by atoms with Crippen molar-refractivity contribution in [2.24, 2.45) is 20.5 Å². The molecular formula is C36H22N12O2. The number of azo groups is 2. The van der Waals surface area contributed by atoms with Crippen LogP contribution in [0, 0.1) is 36.5 Å². The molecule has 0 aliphatic carbocycles. The van der Waals surface area contributed by atoms with Crippen LogP contribution >= 0.6 is 0 Å². The number of hydrogen-bond donors (Lipinski definition) is 2. The van der Waals surface area contributed by atoms with Crippen LogP contribution in [0.15, 0.2) is 105 Å². The summed E-state index contributed by atoms with van der Waals surface area (Å²) >= 11 is 0. The second kappa shape index (κ2) is 11.6. The van der Waals surface area contributed by atoms with Crippen molar-refractivity contribution in [1.29, 1.82) is 10.5 Å². The van der Waals surface area contributed by atoms with Gasteiger partial charge in [-0.1, -0.05) is 36.4 Å². The highest BCUT2D eigenvalue weighted by molar-refractivity contribution is 5.87. The van der Waals surface area contributed by atoms with Crippen LogP contribution in [0.4, 0.5) is 22.9 Å². The summed E-state index contributed by atoms with van der Waals surface area (Å²) in [5.74, 6) is -0.159. The second-order valence-corrected chi connectivity index (χ2v) is 11.3. The summed E-state index contributed by atoms with van der Waals surface area (Å²) in [4.78, 5) is 9.04. The molecule has 2 N–H and O–H groups in total. The van der Waals surface area contributed by atoms with Crippen molar-refractivity contribution in [2.45, 2.75) is 13.8 Å². The Morgan fingerprint density at radius 3 is 1.62 bits per heavy atom. The highest BCUT2D eigenvalue weighted by atomic mass is 16.3. The second-order valence-electron chi connectivity index (χ2n) is 11.3. The fourth-order valence-electron chi connectivity index (χ4n) is 5.88. The Labute approximate surface area is 282 Å². The molecule has 0 unspecified atom stereocenters. The molecule has 5 aromatic heterocycles. The van der Waals surface area contributed by atoms with Gasteiger partial charge in [0.2, 0.25) is 11.8 Å². The van der Waals surface area contributed by atoms with Gasteiger partial charge in [0.1, 0.15) is 23.3 Å². The van der Waals surface area contributed by atoms with E-state index in [0.717, 1.165) is 5.56 Å². The third-order valence-corrected chi connectivity index (χ3v) is 8.43. The van der Waals surface area contributed by atoms with Gasteiger partial charge < -0.3 is 10.2 Å². The van der Waals surface area contributed by atoms with Gasteiger partial charge in [0, 0.05) is 16.7 Å². The highest BCUT2D eigenvalue weighted by Gasteiger charge is 2.22. The van der Waals surface area contributed by atoms with Gasteiger partial charge in [-0.25, -0.2) is 9.97 Å². The molecule has 0 aliphatic heterocycles. The van der Waals surface area contributed by atoms with Gasteiger partial charge in [-0.2, -0.15) is 15.6 Å². The van der Waals surface area contributed by atoms with Gasteiger partial charge in [-0.15, -0.1) is 25.5 Å². The number of aromatic hydroxyl groups is 2. The van der Waals surface area contributed by atoms with Crippen LogP contribution in [-0.2, 0) is 0 Å². The Morgan fingerprint density at radius 2 is 1.12 bits per heavy atom. The minimum absolute atomic E-state index is 0.124. The largest absolute Gasteiger partial charge is 0.493 e. The maximum Gasteiger partial charge on any atom is 0.226 e. The number of imidazole rings is 2. The van der Waals surface area contributed by atoms with Crippen molar-refractivity contribution < 1.29 is 10.2 Å². The standard InChI is InChI=1S/C36H22N12O2/c1-19-23(17-37)33-39-26-7-3-5-9-28(26)47(33)35(49)31(19)45-41-22-13-11-21(12-14-22)25-15-16-30(43-42-25)44-46-32-20(2)24(18-38)34-40-27-8-4-6-10-29(27)48(34)36(32)50/h3-16,49-50H,1-2H3. The Bertz CT molecular complexity index is 2620. The number of nitriles is 2. The number of pyridine rings is 2. The summed E-state index contributed by atoms with van der Waals surface area (Å²) in [6.45, 7) is 3.38. The van der Waals surface area contributed by atoms with Crippen LogP contribution in [0.1, 0.15) is 22.3 Å². The number of benzene rings is 3. The summed E-state index contributed by atoms with van der Waals surface area (Å²) in [5.41, 5.74) is 6.86. The molecule has 0 bridgehead atoms. The molecule has 50 heavy (non-hydrogen) atoms. The van der Waals surface area contributed by atoms with Gasteiger partial charge in [0.25, 0.3) is 0 Å². The summed E-state index contributed by atoms with van der Waals surface area (Å²) in [5, 5.41) is 67.5. The van der Waals surface area contributed by atoms with E-state index in [0.29, 0.717) is 61.4 Å². The lowest BCUT2D eigenvalue weighted by atomic mass is 10.1. The molecule has 0 fully saturated rings. The van der Waals surface area contributed by atoms with Crippen LogP contribution in [0.2, 0.25) is 0 Å². The predicted molar refractivity (Wildman–Crippen MR) is 183 cm³/mol. The lowest BCUT2D eigenvalue weighted by Gasteiger charge is -2.09. The van der Waals surface area contributed by atoms with Gasteiger partial charge in [0.05, 0.1) is 33.4 Å². The lowest BCUT2D eigenvalue weighted by Crippen LogP contribution is -1.95. The van der Waals surface area contributed by atoms with Crippen molar-refractivity contribution in [3.8, 4) is 35.2 Å². The molecule has 8 rings (SSSR count). The number of hydrogen-bond acceptors (Lipinski definition) is 12. The first-order chi connectivity index (χ1) is 24.4. The molecule has 5 heterocycles. The first kappa shape index (κ1) is 29.8. The summed E-state index contributed by atoms with van der Waals surface area (Å²) in [7, 11) is 0. The Kier molecular flexibility index (Phi) is 6.91. The molecule has 0 spiro atoms. The van der Waals surface area contributed by atoms with E-state index >= 15 is 0 Å². The third-order valence-electron chi connectivity index (χ3n) is 8.43. The quantitative estimate of drug-likeness (QED) is 0.172. The zero-order chi connectivity index (χ0) is 34.5. The van der Waals surface area contributed by atoms with Crippen LogP contribution in [0.3, 0.4) is 0 Å². The summed E-state index contributed by atoms with van der Waals surface area (Å²) in [6.07, 6.45) is 0. The van der Waals surface area contributed by atoms with Crippen LogP contribution in [0.5, 0.6) is 11.8 Å². The smallest absolute Gasteiger partial charge is 0.226 e. The zero-order valence-electron chi connectivity index (χ0n) is 26.3. The normalized spacial score (nSPS) is 11.8. The number of aromatic nitrogens is 6. The fraction of sp³-hybridized carbons (Fsp3) is 0.0556. The number of fused-ring (bicyclic) bond motifs is 6. The van der Waals surface area contributed by atoms with Crippen molar-refractivity contribution >= 4 is 56.2 Å². The molecular weight excluding hydrogens is 632 g/mol. The Hall–Kier alpha value is -7.58. The third kappa shape index (κ3) is 4.63. The molecule has 14 nitrogen and oxygen atoms in total. The topological polar surface area (TPSA) is 198 Å². The first-order valence-corrected chi connectivity index (χ1v) is 15.2. The molecule has 0 saturated heterocycles. The van der Waals surface area contributed by atoms with Crippen LogP contribution in [0.25, 0.3) is 44.6 Å². The van der Waals surface area contributed by atoms with Crippen molar-refractivity contribution in [3.05, 3.63) is 107 Å². The van der Waals surface area contributed by atoms with Crippen molar-refractivity contribution in [2.75, 3.05) is 0 Å². The number of rotatable bonds is 5. The lowest BCUT2D eigenvalue weighted by molar-refractivity contribution is 0.448. The molecule has 8 aromatic rings. The summed E-state index contributed by atoms with van der Waals surface area (Å²) in [6, 6.07) is 29.3. The average molecular weight is 655 g/mol. The molecule has 0 saturated carbocycles. The van der Waals surface area contributed by atoms with Crippen LogP contribution in [-0.4, -0.2) is 39.2 Å². The highest BCUT2D eigenvalue weighted by Crippen LogP contribution is 2.39. The van der Waals surface area contributed by atoms with E-state index in [1.807, 2.05) is 36.4 Å². The minimum atomic E-state index is -0.192.